The van der Waals surface area contributed by atoms with Crippen LogP contribution in [0.2, 0.25) is 5.02 Å². The van der Waals surface area contributed by atoms with Gasteiger partial charge in [-0.25, -0.2) is 9.37 Å². The van der Waals surface area contributed by atoms with Crippen LogP contribution in [0.3, 0.4) is 0 Å². The summed E-state index contributed by atoms with van der Waals surface area (Å²) in [5.41, 5.74) is 3.39. The van der Waals surface area contributed by atoms with Crippen LogP contribution in [0.25, 0.3) is 27.1 Å². The minimum absolute atomic E-state index is 0.0368. The number of rotatable bonds is 7. The molecule has 0 aliphatic carbocycles. The molecule has 0 saturated carbocycles. The summed E-state index contributed by atoms with van der Waals surface area (Å²) in [7, 11) is 0. The summed E-state index contributed by atoms with van der Waals surface area (Å²) in [6.07, 6.45) is 3.46. The van der Waals surface area contributed by atoms with Crippen molar-refractivity contribution in [2.75, 3.05) is 6.54 Å². The molecule has 4 aromatic rings. The molecule has 1 amide bonds. The van der Waals surface area contributed by atoms with Gasteiger partial charge in [-0.15, -0.1) is 22.7 Å². The molecular weight excluding hydrogens is 519 g/mol. The first kappa shape index (κ1) is 24.4. The molecule has 0 fully saturated rings. The number of carbonyl (C=O) groups is 2. The van der Waals surface area contributed by atoms with Gasteiger partial charge in [-0.3, -0.25) is 9.59 Å². The number of thiophene rings is 1. The van der Waals surface area contributed by atoms with Gasteiger partial charge < -0.3 is 10.1 Å². The van der Waals surface area contributed by atoms with Crippen LogP contribution in [0.4, 0.5) is 4.39 Å². The van der Waals surface area contributed by atoms with Crippen molar-refractivity contribution in [2.45, 2.75) is 19.4 Å². The van der Waals surface area contributed by atoms with Gasteiger partial charge in [0.15, 0.2) is 5.78 Å². The van der Waals surface area contributed by atoms with Gasteiger partial charge >= 0.3 is 0 Å². The molecule has 1 N–H and O–H groups in total. The van der Waals surface area contributed by atoms with Crippen molar-refractivity contribution < 1.29 is 18.7 Å². The van der Waals surface area contributed by atoms with Gasteiger partial charge in [-0.1, -0.05) is 11.6 Å². The van der Waals surface area contributed by atoms with E-state index >= 15 is 0 Å². The van der Waals surface area contributed by atoms with Crippen LogP contribution in [-0.2, 0) is 11.2 Å². The van der Waals surface area contributed by atoms with E-state index < -0.39 is 0 Å². The molecule has 0 radical (unpaired) electrons. The minimum Gasteiger partial charge on any atom is -0.486 e. The van der Waals surface area contributed by atoms with Crippen LogP contribution in [0.5, 0.6) is 5.75 Å². The van der Waals surface area contributed by atoms with Crippen LogP contribution in [0.15, 0.2) is 60.0 Å². The SMILES string of the molecule is CC(=O)c1ccc(-c2cc(Cl)c3c(c2)CC(CNC(=O)C=Cc2csc(-c4ccc(F)cc4)n2)O3)s1. The Hall–Kier alpha value is -3.33. The Balaban J connectivity index is 1.17. The lowest BCUT2D eigenvalue weighted by Crippen LogP contribution is -2.33. The Labute approximate surface area is 220 Å². The lowest BCUT2D eigenvalue weighted by atomic mass is 10.1. The number of hydrogen-bond acceptors (Lipinski definition) is 6. The van der Waals surface area contributed by atoms with Crippen molar-refractivity contribution in [1.82, 2.24) is 10.3 Å². The molecule has 2 aromatic carbocycles. The second-order valence-electron chi connectivity index (χ2n) is 8.27. The number of halogens is 2. The number of amides is 1. The van der Waals surface area contributed by atoms with Crippen LogP contribution in [-0.4, -0.2) is 29.3 Å². The minimum atomic E-state index is -0.296. The van der Waals surface area contributed by atoms with Crippen molar-refractivity contribution in [3.8, 4) is 26.8 Å². The predicted octanol–water partition coefficient (Wildman–Crippen LogP) is 6.67. The van der Waals surface area contributed by atoms with E-state index in [4.69, 9.17) is 16.3 Å². The zero-order valence-electron chi connectivity index (χ0n) is 19.1. The zero-order valence-corrected chi connectivity index (χ0v) is 21.5. The highest BCUT2D eigenvalue weighted by molar-refractivity contribution is 7.17. The largest absolute Gasteiger partial charge is 0.486 e. The zero-order chi connectivity index (χ0) is 25.2. The summed E-state index contributed by atoms with van der Waals surface area (Å²) in [5, 5.41) is 5.96. The lowest BCUT2D eigenvalue weighted by molar-refractivity contribution is -0.116. The molecule has 1 atom stereocenters. The maximum atomic E-state index is 13.1. The Morgan fingerprint density at radius 3 is 2.75 bits per heavy atom. The molecule has 9 heteroatoms. The van der Waals surface area contributed by atoms with Gasteiger partial charge in [-0.2, -0.15) is 0 Å². The van der Waals surface area contributed by atoms with Gasteiger partial charge in [-0.05, 0) is 67.1 Å². The standard InChI is InChI=1S/C27H20ClFN2O3S2/c1-15(32)23-7-8-24(36-23)17-10-18-11-21(34-26(18)22(28)12-17)13-30-25(33)9-6-20-14-35-27(31-20)16-2-4-19(29)5-3-16/h2-10,12,14,21H,11,13H2,1H3,(H,30,33). The second kappa shape index (κ2) is 10.3. The summed E-state index contributed by atoms with van der Waals surface area (Å²) in [5.74, 6) is 0.118. The summed E-state index contributed by atoms with van der Waals surface area (Å²) in [4.78, 5) is 30.1. The number of ether oxygens (including phenoxy) is 1. The van der Waals surface area contributed by atoms with E-state index in [0.717, 1.165) is 26.6 Å². The van der Waals surface area contributed by atoms with Crippen LogP contribution in [0.1, 0.15) is 27.9 Å². The molecule has 36 heavy (non-hydrogen) atoms. The molecule has 0 spiro atoms. The number of carbonyl (C=O) groups excluding carboxylic acids is 2. The quantitative estimate of drug-likeness (QED) is 0.211. The number of aromatic nitrogens is 1. The highest BCUT2D eigenvalue weighted by atomic mass is 35.5. The van der Waals surface area contributed by atoms with Crippen molar-refractivity contribution in [3.63, 3.8) is 0 Å². The molecule has 0 bridgehead atoms. The second-order valence-corrected chi connectivity index (χ2v) is 10.6. The number of thiazole rings is 1. The molecule has 1 aliphatic rings. The molecule has 182 valence electrons. The number of fused-ring (bicyclic) bond motifs is 1. The summed E-state index contributed by atoms with van der Waals surface area (Å²) < 4.78 is 19.1. The van der Waals surface area contributed by atoms with Crippen molar-refractivity contribution in [3.05, 3.63) is 87.0 Å². The molecule has 5 rings (SSSR count). The Morgan fingerprint density at radius 1 is 1.19 bits per heavy atom. The van der Waals surface area contributed by atoms with E-state index in [9.17, 15) is 14.0 Å². The smallest absolute Gasteiger partial charge is 0.244 e. The number of ketones is 1. The third-order valence-electron chi connectivity index (χ3n) is 5.61. The van der Waals surface area contributed by atoms with E-state index in [0.29, 0.717) is 34.3 Å². The Bertz CT molecular complexity index is 1480. The van der Waals surface area contributed by atoms with E-state index in [1.54, 1.807) is 25.1 Å². The van der Waals surface area contributed by atoms with Crippen molar-refractivity contribution >= 4 is 52.0 Å². The van der Waals surface area contributed by atoms with Gasteiger partial charge in [0.25, 0.3) is 0 Å². The van der Waals surface area contributed by atoms with E-state index in [-0.39, 0.29) is 23.6 Å². The molecular formula is C27H20ClFN2O3S2. The van der Waals surface area contributed by atoms with Gasteiger partial charge in [0.05, 0.1) is 22.1 Å². The first-order chi connectivity index (χ1) is 17.4. The summed E-state index contributed by atoms with van der Waals surface area (Å²) in [6.45, 7) is 1.88. The maximum absolute atomic E-state index is 13.1. The monoisotopic (exact) mass is 538 g/mol. The van der Waals surface area contributed by atoms with Gasteiger partial charge in [0, 0.05) is 33.9 Å². The summed E-state index contributed by atoms with van der Waals surface area (Å²) in [6, 6.07) is 13.7. The molecule has 2 aromatic heterocycles. The average Bonchev–Trinajstić information content (AvgIpc) is 3.61. The van der Waals surface area contributed by atoms with Crippen molar-refractivity contribution in [2.24, 2.45) is 0 Å². The molecule has 1 unspecified atom stereocenters. The maximum Gasteiger partial charge on any atom is 0.244 e. The fourth-order valence-corrected chi connectivity index (χ4v) is 5.81. The van der Waals surface area contributed by atoms with E-state index in [1.165, 1.54) is 40.9 Å². The normalized spacial score (nSPS) is 14.6. The molecule has 1 aliphatic heterocycles. The number of nitrogens with zero attached hydrogens (tertiary/aromatic N) is 1. The first-order valence-corrected chi connectivity index (χ1v) is 13.2. The van der Waals surface area contributed by atoms with Crippen LogP contribution >= 0.6 is 34.3 Å². The van der Waals surface area contributed by atoms with Crippen LogP contribution < -0.4 is 10.1 Å². The number of hydrogen-bond donors (Lipinski definition) is 1. The molecule has 3 heterocycles. The fourth-order valence-electron chi connectivity index (χ4n) is 3.85. The highest BCUT2D eigenvalue weighted by Gasteiger charge is 2.26. The lowest BCUT2D eigenvalue weighted by Gasteiger charge is -2.11. The first-order valence-electron chi connectivity index (χ1n) is 11.1. The van der Waals surface area contributed by atoms with E-state index in [2.05, 4.69) is 10.3 Å². The third kappa shape index (κ3) is 5.41. The topological polar surface area (TPSA) is 68.3 Å². The van der Waals surface area contributed by atoms with Crippen molar-refractivity contribution in [1.29, 1.82) is 0 Å². The van der Waals surface area contributed by atoms with Gasteiger partial charge in [0.2, 0.25) is 5.91 Å². The Morgan fingerprint density at radius 2 is 2.00 bits per heavy atom. The molecule has 5 nitrogen and oxygen atoms in total. The number of nitrogens with one attached hydrogen (secondary N) is 1. The Kier molecular flexibility index (Phi) is 7.00. The molecule has 0 saturated heterocycles. The average molecular weight is 539 g/mol. The predicted molar refractivity (Wildman–Crippen MR) is 142 cm³/mol. The number of benzene rings is 2. The summed E-state index contributed by atoms with van der Waals surface area (Å²) >= 11 is 9.34. The third-order valence-corrected chi connectivity index (χ3v) is 8.04. The highest BCUT2D eigenvalue weighted by Crippen LogP contribution is 2.41. The van der Waals surface area contributed by atoms with E-state index in [1.807, 2.05) is 29.6 Å². The number of Topliss-reactive ketones (excluding diaryl/α,β-unsaturated/α-hetero) is 1. The van der Waals surface area contributed by atoms with Crippen LogP contribution in [0, 0.1) is 5.82 Å². The fraction of sp³-hybridized carbons (Fsp3) is 0.148. The van der Waals surface area contributed by atoms with Gasteiger partial charge in [0.1, 0.15) is 22.7 Å².